The van der Waals surface area contributed by atoms with E-state index in [9.17, 15) is 17.2 Å². The van der Waals surface area contributed by atoms with Crippen LogP contribution < -0.4 is 10.6 Å². The molecular weight excluding hydrogens is 516 g/mol. The Hall–Kier alpha value is -3.71. The smallest absolute Gasteiger partial charge is 0.295 e. The lowest BCUT2D eigenvalue weighted by atomic mass is 10.0. The van der Waals surface area contributed by atoms with Crippen molar-refractivity contribution in [1.82, 2.24) is 24.9 Å². The van der Waals surface area contributed by atoms with Gasteiger partial charge in [0.2, 0.25) is 0 Å². The van der Waals surface area contributed by atoms with Crippen LogP contribution in [0.25, 0.3) is 11.2 Å². The first kappa shape index (κ1) is 25.9. The Bertz CT molecular complexity index is 1580. The number of ether oxygens (including phenoxy) is 1. The van der Waals surface area contributed by atoms with Gasteiger partial charge in [0.15, 0.2) is 21.3 Å². The minimum atomic E-state index is -3.66. The molecule has 10 nitrogen and oxygen atoms in total. The third-order valence-electron chi connectivity index (χ3n) is 6.13. The summed E-state index contributed by atoms with van der Waals surface area (Å²) in [6.45, 7) is 4.20. The first-order valence-electron chi connectivity index (χ1n) is 12.1. The van der Waals surface area contributed by atoms with Crippen molar-refractivity contribution in [2.45, 2.75) is 50.5 Å². The van der Waals surface area contributed by atoms with E-state index < -0.39 is 22.1 Å². The number of fused-ring (bicyclic) bond motifs is 1. The van der Waals surface area contributed by atoms with Crippen molar-refractivity contribution in [2.75, 3.05) is 23.5 Å². The molecule has 200 valence electrons. The number of nitrogens with zero attached hydrogens (tertiary/aromatic N) is 4. The SMILES string of the molecule is Cc1cc(Nc2cc(Nc3ccc([C@H]4CCCCO4)cc3S(C)(=O)=O)c3nc(C(F)F)[nH]c3n2)nc(C)n1. The molecule has 1 aromatic carbocycles. The van der Waals surface area contributed by atoms with Gasteiger partial charge in [-0.25, -0.2) is 37.1 Å². The fourth-order valence-corrected chi connectivity index (χ4v) is 5.35. The summed E-state index contributed by atoms with van der Waals surface area (Å²) in [6.07, 6.45) is 0.880. The fraction of sp³-hybridized carbons (Fsp3) is 0.360. The van der Waals surface area contributed by atoms with Crippen molar-refractivity contribution in [2.24, 2.45) is 0 Å². The van der Waals surface area contributed by atoms with Crippen molar-refractivity contribution >= 4 is 44.0 Å². The lowest BCUT2D eigenvalue weighted by Crippen LogP contribution is -2.13. The molecule has 0 amide bonds. The van der Waals surface area contributed by atoms with Gasteiger partial charge in [-0.3, -0.25) is 0 Å². The Balaban J connectivity index is 1.58. The first-order valence-corrected chi connectivity index (χ1v) is 14.0. The van der Waals surface area contributed by atoms with E-state index in [0.717, 1.165) is 36.8 Å². The summed E-state index contributed by atoms with van der Waals surface area (Å²) in [7, 11) is -3.66. The number of aromatic nitrogens is 5. The number of imidazole rings is 1. The van der Waals surface area contributed by atoms with Gasteiger partial charge in [-0.1, -0.05) is 6.07 Å². The summed E-state index contributed by atoms with van der Waals surface area (Å²) in [6, 6.07) is 8.35. The Morgan fingerprint density at radius 1 is 1.00 bits per heavy atom. The molecule has 0 radical (unpaired) electrons. The van der Waals surface area contributed by atoms with Crippen LogP contribution in [0.1, 0.15) is 54.7 Å². The van der Waals surface area contributed by atoms with Crippen LogP contribution in [0.5, 0.6) is 0 Å². The number of benzene rings is 1. The van der Waals surface area contributed by atoms with Crippen molar-refractivity contribution in [3.8, 4) is 0 Å². The molecule has 13 heteroatoms. The second-order valence-corrected chi connectivity index (χ2v) is 11.2. The van der Waals surface area contributed by atoms with Crippen LogP contribution in [0.2, 0.25) is 0 Å². The van der Waals surface area contributed by atoms with Gasteiger partial charge in [-0.2, -0.15) is 0 Å². The number of aryl methyl sites for hydroxylation is 2. The Labute approximate surface area is 218 Å². The normalized spacial score (nSPS) is 16.2. The summed E-state index contributed by atoms with van der Waals surface area (Å²) in [4.78, 5) is 19.6. The topological polar surface area (TPSA) is 135 Å². The number of sulfone groups is 1. The number of anilines is 4. The molecule has 4 aromatic rings. The molecule has 1 atom stereocenters. The number of nitrogens with one attached hydrogen (secondary N) is 3. The van der Waals surface area contributed by atoms with Crippen LogP contribution in [0.15, 0.2) is 35.2 Å². The maximum atomic E-state index is 13.5. The average molecular weight is 544 g/mol. The number of pyridine rings is 1. The summed E-state index contributed by atoms with van der Waals surface area (Å²) >= 11 is 0. The highest BCUT2D eigenvalue weighted by atomic mass is 32.2. The number of rotatable bonds is 7. The maximum Gasteiger partial charge on any atom is 0.295 e. The van der Waals surface area contributed by atoms with E-state index in [1.165, 1.54) is 0 Å². The van der Waals surface area contributed by atoms with Gasteiger partial charge in [0.05, 0.1) is 22.4 Å². The summed E-state index contributed by atoms with van der Waals surface area (Å²) in [5.74, 6) is 0.757. The zero-order valence-electron chi connectivity index (χ0n) is 21.0. The second kappa shape index (κ2) is 10.2. The number of aromatic amines is 1. The van der Waals surface area contributed by atoms with E-state index in [2.05, 4.69) is 35.6 Å². The van der Waals surface area contributed by atoms with Gasteiger partial charge in [0.1, 0.15) is 23.0 Å². The molecule has 5 rings (SSSR count). The minimum absolute atomic E-state index is 0.0651. The molecule has 4 heterocycles. The second-order valence-electron chi connectivity index (χ2n) is 9.25. The lowest BCUT2D eigenvalue weighted by molar-refractivity contribution is 0.0148. The molecule has 0 unspecified atom stereocenters. The summed E-state index contributed by atoms with van der Waals surface area (Å²) in [5.41, 5.74) is 2.31. The molecule has 1 saturated heterocycles. The Morgan fingerprint density at radius 3 is 2.47 bits per heavy atom. The molecule has 0 bridgehead atoms. The monoisotopic (exact) mass is 543 g/mol. The van der Waals surface area contributed by atoms with Crippen molar-refractivity contribution in [3.05, 3.63) is 53.2 Å². The minimum Gasteiger partial charge on any atom is -0.374 e. The van der Waals surface area contributed by atoms with E-state index in [-0.39, 0.29) is 39.4 Å². The van der Waals surface area contributed by atoms with Gasteiger partial charge < -0.3 is 20.4 Å². The Kier molecular flexibility index (Phi) is 6.97. The highest BCUT2D eigenvalue weighted by Gasteiger charge is 2.23. The Morgan fingerprint density at radius 2 is 1.79 bits per heavy atom. The fourth-order valence-electron chi connectivity index (χ4n) is 4.48. The standard InChI is InChI=1S/C25H27F2N7O3S/c1-13-10-20(29-14(2)28-13)31-21-12-17(22-24(32-21)34-25(33-22)23(26)27)30-16-8-7-15(11-19(16)38(3,35)36)18-6-4-5-9-37-18/h7-8,10-12,18,23H,4-6,9H2,1-3H3,(H3,28,29,30,31,32,33,34)/t18-/m1/s1. The highest BCUT2D eigenvalue weighted by molar-refractivity contribution is 7.90. The van der Waals surface area contributed by atoms with Gasteiger partial charge in [-0.15, -0.1) is 0 Å². The van der Waals surface area contributed by atoms with E-state index >= 15 is 0 Å². The number of hydrogen-bond donors (Lipinski definition) is 3. The molecule has 0 aliphatic carbocycles. The molecule has 1 fully saturated rings. The first-order chi connectivity index (χ1) is 18.1. The predicted molar refractivity (Wildman–Crippen MR) is 139 cm³/mol. The van der Waals surface area contributed by atoms with Crippen molar-refractivity contribution in [3.63, 3.8) is 0 Å². The van der Waals surface area contributed by atoms with Crippen LogP contribution in [0, 0.1) is 13.8 Å². The highest BCUT2D eigenvalue weighted by Crippen LogP contribution is 2.35. The molecule has 1 aliphatic rings. The zero-order chi connectivity index (χ0) is 27.0. The number of halogens is 2. The molecule has 3 aromatic heterocycles. The number of H-pyrrole nitrogens is 1. The molecule has 38 heavy (non-hydrogen) atoms. The van der Waals surface area contributed by atoms with Crippen LogP contribution in [-0.2, 0) is 14.6 Å². The van der Waals surface area contributed by atoms with Gasteiger partial charge in [0, 0.05) is 30.7 Å². The maximum absolute atomic E-state index is 13.5. The van der Waals surface area contributed by atoms with Crippen LogP contribution in [0.3, 0.4) is 0 Å². The van der Waals surface area contributed by atoms with E-state index in [4.69, 9.17) is 4.74 Å². The van der Waals surface area contributed by atoms with E-state index in [1.54, 1.807) is 31.2 Å². The molecule has 1 aliphatic heterocycles. The van der Waals surface area contributed by atoms with Crippen LogP contribution in [0.4, 0.5) is 31.8 Å². The largest absolute Gasteiger partial charge is 0.374 e. The lowest BCUT2D eigenvalue weighted by Gasteiger charge is -2.24. The van der Waals surface area contributed by atoms with Gasteiger partial charge >= 0.3 is 0 Å². The third-order valence-corrected chi connectivity index (χ3v) is 7.26. The van der Waals surface area contributed by atoms with Crippen molar-refractivity contribution < 1.29 is 21.9 Å². The van der Waals surface area contributed by atoms with E-state index in [1.807, 2.05) is 13.0 Å². The average Bonchev–Trinajstić information content (AvgIpc) is 3.28. The number of alkyl halides is 2. The number of hydrogen-bond acceptors (Lipinski definition) is 9. The molecule has 3 N–H and O–H groups in total. The quantitative estimate of drug-likeness (QED) is 0.279. The predicted octanol–water partition coefficient (Wildman–Crippen LogP) is 5.43. The molecule has 0 spiro atoms. The molecular formula is C25H27F2N7O3S. The van der Waals surface area contributed by atoms with E-state index in [0.29, 0.717) is 18.2 Å². The third kappa shape index (κ3) is 5.58. The van der Waals surface area contributed by atoms with Crippen LogP contribution in [-0.4, -0.2) is 46.2 Å². The van der Waals surface area contributed by atoms with Gasteiger partial charge in [-0.05, 0) is 50.8 Å². The summed E-state index contributed by atoms with van der Waals surface area (Å²) < 4.78 is 58.3. The zero-order valence-corrected chi connectivity index (χ0v) is 21.9. The van der Waals surface area contributed by atoms with Crippen molar-refractivity contribution in [1.29, 1.82) is 0 Å². The summed E-state index contributed by atoms with van der Waals surface area (Å²) in [5, 5.41) is 6.16. The van der Waals surface area contributed by atoms with Crippen LogP contribution >= 0.6 is 0 Å². The van der Waals surface area contributed by atoms with Gasteiger partial charge in [0.25, 0.3) is 6.43 Å². The molecule has 0 saturated carbocycles.